The highest BCUT2D eigenvalue weighted by molar-refractivity contribution is 7.97. The van der Waals surface area contributed by atoms with Crippen LogP contribution < -0.4 is 10.0 Å². The molecule has 0 saturated heterocycles. The van der Waals surface area contributed by atoms with Gasteiger partial charge >= 0.3 is 0 Å². The molecular formula is C6H14N2S. The molecule has 0 saturated carbocycles. The van der Waals surface area contributed by atoms with Crippen LogP contribution in [0.1, 0.15) is 6.92 Å². The molecule has 54 valence electrons. The molecule has 0 aliphatic heterocycles. The van der Waals surface area contributed by atoms with E-state index in [2.05, 4.69) is 23.5 Å². The van der Waals surface area contributed by atoms with Gasteiger partial charge in [-0.3, -0.25) is 4.72 Å². The van der Waals surface area contributed by atoms with E-state index in [9.17, 15) is 0 Å². The van der Waals surface area contributed by atoms with Crippen molar-refractivity contribution in [2.75, 3.05) is 19.3 Å². The van der Waals surface area contributed by atoms with E-state index < -0.39 is 0 Å². The molecule has 0 bridgehead atoms. The van der Waals surface area contributed by atoms with E-state index in [4.69, 9.17) is 0 Å². The highest BCUT2D eigenvalue weighted by Gasteiger charge is 1.86. The van der Waals surface area contributed by atoms with E-state index in [-0.39, 0.29) is 0 Å². The SMILES string of the molecule is C=C(CNSCC)NC. The first-order chi connectivity index (χ1) is 4.31. The Bertz CT molecular complexity index is 83.1. The molecule has 3 heteroatoms. The van der Waals surface area contributed by atoms with Gasteiger partial charge in [-0.15, -0.1) is 0 Å². The van der Waals surface area contributed by atoms with Crippen LogP contribution in [0.2, 0.25) is 0 Å². The Balaban J connectivity index is 2.97. The van der Waals surface area contributed by atoms with Crippen molar-refractivity contribution < 1.29 is 0 Å². The summed E-state index contributed by atoms with van der Waals surface area (Å²) in [4.78, 5) is 0. The maximum absolute atomic E-state index is 3.76. The maximum Gasteiger partial charge on any atom is 0.0451 e. The molecule has 0 heterocycles. The first-order valence-electron chi connectivity index (χ1n) is 3.01. The van der Waals surface area contributed by atoms with Crippen molar-refractivity contribution >= 4 is 11.9 Å². The van der Waals surface area contributed by atoms with Crippen LogP contribution in [-0.4, -0.2) is 19.3 Å². The highest BCUT2D eigenvalue weighted by atomic mass is 32.2. The Morgan fingerprint density at radius 3 is 2.78 bits per heavy atom. The molecular weight excluding hydrogens is 132 g/mol. The average molecular weight is 146 g/mol. The zero-order chi connectivity index (χ0) is 7.11. The molecule has 0 amide bonds. The summed E-state index contributed by atoms with van der Waals surface area (Å²) < 4.78 is 3.14. The Morgan fingerprint density at radius 2 is 2.33 bits per heavy atom. The van der Waals surface area contributed by atoms with Gasteiger partial charge in [0.2, 0.25) is 0 Å². The van der Waals surface area contributed by atoms with Crippen molar-refractivity contribution in [3.05, 3.63) is 12.3 Å². The molecule has 0 aromatic carbocycles. The topological polar surface area (TPSA) is 24.1 Å². The lowest BCUT2D eigenvalue weighted by Crippen LogP contribution is -2.16. The molecule has 9 heavy (non-hydrogen) atoms. The third kappa shape index (κ3) is 5.73. The van der Waals surface area contributed by atoms with Gasteiger partial charge in [0.15, 0.2) is 0 Å². The summed E-state index contributed by atoms with van der Waals surface area (Å²) in [5.41, 5.74) is 1.02. The van der Waals surface area contributed by atoms with Crippen molar-refractivity contribution in [1.29, 1.82) is 0 Å². The van der Waals surface area contributed by atoms with Crippen molar-refractivity contribution in [2.45, 2.75) is 6.92 Å². The molecule has 0 aliphatic rings. The summed E-state index contributed by atoms with van der Waals surface area (Å²) in [5.74, 6) is 1.09. The van der Waals surface area contributed by atoms with Crippen LogP contribution in [0.25, 0.3) is 0 Å². The molecule has 0 spiro atoms. The van der Waals surface area contributed by atoms with Gasteiger partial charge in [-0.05, 0) is 0 Å². The summed E-state index contributed by atoms with van der Waals surface area (Å²) >= 11 is 1.70. The van der Waals surface area contributed by atoms with Crippen LogP contribution in [0.4, 0.5) is 0 Å². The third-order valence-electron chi connectivity index (χ3n) is 0.886. The zero-order valence-electron chi connectivity index (χ0n) is 6.03. The first-order valence-corrected chi connectivity index (χ1v) is 4.00. The zero-order valence-corrected chi connectivity index (χ0v) is 6.85. The van der Waals surface area contributed by atoms with Crippen LogP contribution in [0.15, 0.2) is 12.3 Å². The monoisotopic (exact) mass is 146 g/mol. The van der Waals surface area contributed by atoms with Gasteiger partial charge < -0.3 is 5.32 Å². The molecule has 2 N–H and O–H groups in total. The number of rotatable bonds is 5. The lowest BCUT2D eigenvalue weighted by Gasteiger charge is -2.03. The highest BCUT2D eigenvalue weighted by Crippen LogP contribution is 1.90. The third-order valence-corrected chi connectivity index (χ3v) is 1.52. The van der Waals surface area contributed by atoms with Gasteiger partial charge in [-0.25, -0.2) is 0 Å². The number of nitrogens with one attached hydrogen (secondary N) is 2. The predicted molar refractivity (Wildman–Crippen MR) is 44.3 cm³/mol. The first kappa shape index (κ1) is 8.85. The van der Waals surface area contributed by atoms with Crippen molar-refractivity contribution in [3.8, 4) is 0 Å². The lowest BCUT2D eigenvalue weighted by molar-refractivity contribution is 0.901. The standard InChI is InChI=1S/C6H14N2S/c1-4-9-8-5-6(2)7-3/h7-8H,2,4-5H2,1,3H3. The van der Waals surface area contributed by atoms with E-state index in [1.54, 1.807) is 11.9 Å². The van der Waals surface area contributed by atoms with Crippen molar-refractivity contribution in [3.63, 3.8) is 0 Å². The predicted octanol–water partition coefficient (Wildman–Crippen LogP) is 0.977. The van der Waals surface area contributed by atoms with Crippen LogP contribution in [0.5, 0.6) is 0 Å². The second kappa shape index (κ2) is 5.98. The van der Waals surface area contributed by atoms with E-state index >= 15 is 0 Å². The van der Waals surface area contributed by atoms with Gasteiger partial charge in [0.1, 0.15) is 0 Å². The molecule has 2 nitrogen and oxygen atoms in total. The van der Waals surface area contributed by atoms with E-state index in [0.717, 1.165) is 18.0 Å². The molecule has 0 aromatic rings. The Labute approximate surface area is 61.2 Å². The van der Waals surface area contributed by atoms with Gasteiger partial charge in [-0.2, -0.15) is 0 Å². The largest absolute Gasteiger partial charge is 0.391 e. The Hall–Kier alpha value is -0.150. The summed E-state index contributed by atoms with van der Waals surface area (Å²) in [6, 6.07) is 0. The van der Waals surface area contributed by atoms with Gasteiger partial charge in [0, 0.05) is 25.0 Å². The quantitative estimate of drug-likeness (QED) is 0.446. The summed E-state index contributed by atoms with van der Waals surface area (Å²) in [6.45, 7) is 6.71. The fourth-order valence-corrected chi connectivity index (χ4v) is 0.809. The Kier molecular flexibility index (Phi) is 5.88. The van der Waals surface area contributed by atoms with Gasteiger partial charge in [-0.1, -0.05) is 25.5 Å². The summed E-state index contributed by atoms with van der Waals surface area (Å²) in [5, 5.41) is 2.95. The van der Waals surface area contributed by atoms with Crippen LogP contribution in [-0.2, 0) is 0 Å². The molecule has 0 aliphatic carbocycles. The Morgan fingerprint density at radius 1 is 1.67 bits per heavy atom. The molecule has 0 rings (SSSR count). The molecule has 0 unspecified atom stereocenters. The molecule has 0 atom stereocenters. The van der Waals surface area contributed by atoms with Gasteiger partial charge in [0.25, 0.3) is 0 Å². The number of likely N-dealkylation sites (N-methyl/N-ethyl adjacent to an activating group) is 1. The number of hydrogen-bond acceptors (Lipinski definition) is 3. The molecule has 0 aromatic heterocycles. The molecule has 0 fully saturated rings. The smallest absolute Gasteiger partial charge is 0.0451 e. The maximum atomic E-state index is 3.76. The summed E-state index contributed by atoms with van der Waals surface area (Å²) in [6.07, 6.45) is 0. The minimum absolute atomic E-state index is 0.842. The number of hydrogen-bond donors (Lipinski definition) is 2. The minimum Gasteiger partial charge on any atom is -0.391 e. The van der Waals surface area contributed by atoms with Crippen molar-refractivity contribution in [2.24, 2.45) is 0 Å². The van der Waals surface area contributed by atoms with Crippen molar-refractivity contribution in [1.82, 2.24) is 10.0 Å². The lowest BCUT2D eigenvalue weighted by atomic mass is 10.5. The van der Waals surface area contributed by atoms with Crippen LogP contribution in [0, 0.1) is 0 Å². The minimum atomic E-state index is 0.842. The normalized spacial score (nSPS) is 9.11. The van der Waals surface area contributed by atoms with E-state index in [1.807, 2.05) is 7.05 Å². The molecule has 0 radical (unpaired) electrons. The van der Waals surface area contributed by atoms with E-state index in [1.165, 1.54) is 0 Å². The fourth-order valence-electron chi connectivity index (χ4n) is 0.329. The summed E-state index contributed by atoms with van der Waals surface area (Å²) in [7, 11) is 1.88. The second-order valence-electron chi connectivity index (χ2n) is 1.61. The van der Waals surface area contributed by atoms with Crippen LogP contribution >= 0.6 is 11.9 Å². The average Bonchev–Trinajstić information content (AvgIpc) is 1.89. The van der Waals surface area contributed by atoms with Gasteiger partial charge in [0.05, 0.1) is 0 Å². The fraction of sp³-hybridized carbons (Fsp3) is 0.667. The van der Waals surface area contributed by atoms with E-state index in [0.29, 0.717) is 0 Å². The second-order valence-corrected chi connectivity index (χ2v) is 2.76. The van der Waals surface area contributed by atoms with Crippen LogP contribution in [0.3, 0.4) is 0 Å².